The van der Waals surface area contributed by atoms with E-state index in [1.165, 1.54) is 0 Å². The van der Waals surface area contributed by atoms with E-state index in [0.717, 1.165) is 43.1 Å². The molecule has 1 aliphatic rings. The van der Waals surface area contributed by atoms with Crippen molar-refractivity contribution < 1.29 is 4.79 Å². The number of piperidine rings is 1. The Morgan fingerprint density at radius 3 is 2.91 bits per heavy atom. The van der Waals surface area contributed by atoms with E-state index in [-0.39, 0.29) is 18.0 Å². The van der Waals surface area contributed by atoms with Gasteiger partial charge in [0.15, 0.2) is 5.82 Å². The predicted molar refractivity (Wildman–Crippen MR) is 83.6 cm³/mol. The minimum atomic E-state index is -0.0262. The molecule has 22 heavy (non-hydrogen) atoms. The summed E-state index contributed by atoms with van der Waals surface area (Å²) in [5.41, 5.74) is 0.745. The maximum absolute atomic E-state index is 13.0. The molecule has 2 aromatic rings. The van der Waals surface area contributed by atoms with E-state index in [1.54, 1.807) is 0 Å². The van der Waals surface area contributed by atoms with Crippen molar-refractivity contribution in [2.45, 2.75) is 52.1 Å². The Morgan fingerprint density at radius 2 is 2.23 bits per heavy atom. The number of nitrogens with zero attached hydrogens (tertiary/aromatic N) is 4. The second-order valence-corrected chi connectivity index (χ2v) is 6.18. The van der Waals surface area contributed by atoms with Gasteiger partial charge in [0.1, 0.15) is 11.5 Å². The van der Waals surface area contributed by atoms with Crippen molar-refractivity contribution in [3.63, 3.8) is 0 Å². The predicted octanol–water partition coefficient (Wildman–Crippen LogP) is 2.86. The van der Waals surface area contributed by atoms with Gasteiger partial charge in [-0.25, -0.2) is 4.98 Å². The molecule has 0 saturated carbocycles. The van der Waals surface area contributed by atoms with Gasteiger partial charge in [-0.05, 0) is 52.2 Å². The molecular weight excluding hydrogens is 278 g/mol. The molecule has 3 rings (SSSR count). The fraction of sp³-hybridized carbons (Fsp3) is 0.562. The van der Waals surface area contributed by atoms with Gasteiger partial charge in [-0.2, -0.15) is 5.10 Å². The molecule has 0 aliphatic carbocycles. The van der Waals surface area contributed by atoms with Crippen molar-refractivity contribution in [2.75, 3.05) is 6.54 Å². The maximum Gasteiger partial charge on any atom is 0.271 e. The zero-order chi connectivity index (χ0) is 15.7. The summed E-state index contributed by atoms with van der Waals surface area (Å²) in [6, 6.07) is 4.07. The maximum atomic E-state index is 13.0. The van der Waals surface area contributed by atoms with Crippen LogP contribution in [0.2, 0.25) is 0 Å². The van der Waals surface area contributed by atoms with Gasteiger partial charge in [0.05, 0.1) is 6.04 Å². The van der Waals surface area contributed by atoms with Gasteiger partial charge < -0.3 is 9.47 Å². The molecule has 1 saturated heterocycles. The highest BCUT2D eigenvalue weighted by Gasteiger charge is 2.32. The Morgan fingerprint density at radius 1 is 1.41 bits per heavy atom. The van der Waals surface area contributed by atoms with Crippen molar-refractivity contribution in [1.82, 2.24) is 24.6 Å². The molecule has 1 N–H and O–H groups in total. The molecule has 1 unspecified atom stereocenters. The number of likely N-dealkylation sites (tertiary alicyclic amines) is 1. The van der Waals surface area contributed by atoms with Crippen LogP contribution >= 0.6 is 0 Å². The van der Waals surface area contributed by atoms with E-state index < -0.39 is 0 Å². The second kappa shape index (κ2) is 5.94. The highest BCUT2D eigenvalue weighted by Crippen LogP contribution is 2.30. The third-order valence-corrected chi connectivity index (χ3v) is 4.23. The van der Waals surface area contributed by atoms with E-state index in [4.69, 9.17) is 0 Å². The Kier molecular flexibility index (Phi) is 4.00. The number of carbonyl (C=O) groups is 1. The number of hydrogen-bond donors (Lipinski definition) is 1. The number of rotatable bonds is 3. The summed E-state index contributed by atoms with van der Waals surface area (Å²) in [6.07, 6.45) is 5.03. The van der Waals surface area contributed by atoms with Gasteiger partial charge in [0, 0.05) is 18.8 Å². The number of aryl methyl sites for hydroxylation is 1. The summed E-state index contributed by atoms with van der Waals surface area (Å²) < 4.78 is 2.03. The molecule has 1 amide bonds. The first-order valence-corrected chi connectivity index (χ1v) is 7.94. The van der Waals surface area contributed by atoms with E-state index in [2.05, 4.69) is 29.0 Å². The summed E-state index contributed by atoms with van der Waals surface area (Å²) in [4.78, 5) is 19.4. The zero-order valence-corrected chi connectivity index (χ0v) is 13.4. The molecule has 0 spiro atoms. The lowest BCUT2D eigenvalue weighted by molar-refractivity contribution is 0.0587. The number of aromatic nitrogens is 4. The lowest BCUT2D eigenvalue weighted by Gasteiger charge is -2.34. The Hall–Kier alpha value is -2.11. The van der Waals surface area contributed by atoms with Crippen LogP contribution in [0, 0.1) is 6.92 Å². The number of amides is 1. The first-order valence-electron chi connectivity index (χ1n) is 7.94. The molecule has 1 fully saturated rings. The number of H-pyrrole nitrogens is 1. The summed E-state index contributed by atoms with van der Waals surface area (Å²) in [6.45, 7) is 6.82. The van der Waals surface area contributed by atoms with Crippen LogP contribution in [0.3, 0.4) is 0 Å². The second-order valence-electron chi connectivity index (χ2n) is 6.18. The molecule has 0 aromatic carbocycles. The van der Waals surface area contributed by atoms with Gasteiger partial charge in [-0.15, -0.1) is 0 Å². The standard InChI is InChI=1S/C16H23N5O/c1-11(2)20-10-6-8-14(20)16(22)21-9-5-4-7-13(21)15-17-12(3)18-19-15/h6,8,10-11,13H,4-5,7,9H2,1-3H3,(H,17,18,19). The molecule has 0 bridgehead atoms. The van der Waals surface area contributed by atoms with E-state index in [1.807, 2.05) is 34.7 Å². The first kappa shape index (κ1) is 14.8. The Labute approximate surface area is 130 Å². The molecule has 6 heteroatoms. The van der Waals surface area contributed by atoms with Crippen LogP contribution in [0.5, 0.6) is 0 Å². The molecule has 0 radical (unpaired) electrons. The number of hydrogen-bond acceptors (Lipinski definition) is 3. The Balaban J connectivity index is 1.90. The largest absolute Gasteiger partial charge is 0.341 e. The van der Waals surface area contributed by atoms with Crippen LogP contribution in [-0.4, -0.2) is 37.1 Å². The van der Waals surface area contributed by atoms with Gasteiger partial charge in [-0.3, -0.25) is 9.89 Å². The minimum absolute atomic E-state index is 0.0262. The van der Waals surface area contributed by atoms with Crippen LogP contribution in [0.15, 0.2) is 18.3 Å². The lowest BCUT2D eigenvalue weighted by atomic mass is 10.0. The monoisotopic (exact) mass is 301 g/mol. The Bertz CT molecular complexity index is 657. The van der Waals surface area contributed by atoms with Crippen molar-refractivity contribution in [1.29, 1.82) is 0 Å². The van der Waals surface area contributed by atoms with Crippen LogP contribution in [0.4, 0.5) is 0 Å². The summed E-state index contributed by atoms with van der Waals surface area (Å²) in [7, 11) is 0. The molecular formula is C16H23N5O. The molecule has 1 aliphatic heterocycles. The van der Waals surface area contributed by atoms with Gasteiger partial charge in [-0.1, -0.05) is 0 Å². The molecule has 2 aromatic heterocycles. The van der Waals surface area contributed by atoms with Gasteiger partial charge in [0.2, 0.25) is 0 Å². The summed E-state index contributed by atoms with van der Waals surface area (Å²) >= 11 is 0. The van der Waals surface area contributed by atoms with E-state index in [0.29, 0.717) is 0 Å². The summed E-state index contributed by atoms with van der Waals surface area (Å²) in [5.74, 6) is 1.59. The third-order valence-electron chi connectivity index (χ3n) is 4.23. The third kappa shape index (κ3) is 2.65. The van der Waals surface area contributed by atoms with Crippen molar-refractivity contribution in [2.24, 2.45) is 0 Å². The van der Waals surface area contributed by atoms with Crippen molar-refractivity contribution in [3.05, 3.63) is 35.7 Å². The molecule has 6 nitrogen and oxygen atoms in total. The zero-order valence-electron chi connectivity index (χ0n) is 13.4. The average Bonchev–Trinajstić information content (AvgIpc) is 3.15. The molecule has 3 heterocycles. The van der Waals surface area contributed by atoms with Crippen LogP contribution < -0.4 is 0 Å². The number of aromatic amines is 1. The van der Waals surface area contributed by atoms with E-state index >= 15 is 0 Å². The topological polar surface area (TPSA) is 66.8 Å². The average molecular weight is 301 g/mol. The fourth-order valence-electron chi connectivity index (χ4n) is 3.12. The van der Waals surface area contributed by atoms with Gasteiger partial charge >= 0.3 is 0 Å². The smallest absolute Gasteiger partial charge is 0.271 e. The SMILES string of the molecule is Cc1nc(C2CCCCN2C(=O)c2cccn2C(C)C)n[nH]1. The highest BCUT2D eigenvalue weighted by molar-refractivity contribution is 5.93. The lowest BCUT2D eigenvalue weighted by Crippen LogP contribution is -2.40. The highest BCUT2D eigenvalue weighted by atomic mass is 16.2. The van der Waals surface area contributed by atoms with Gasteiger partial charge in [0.25, 0.3) is 5.91 Å². The normalized spacial score (nSPS) is 18.9. The van der Waals surface area contributed by atoms with Crippen LogP contribution in [0.1, 0.15) is 67.3 Å². The number of carbonyl (C=O) groups excluding carboxylic acids is 1. The minimum Gasteiger partial charge on any atom is -0.341 e. The quantitative estimate of drug-likeness (QED) is 0.948. The first-order chi connectivity index (χ1) is 10.6. The van der Waals surface area contributed by atoms with Crippen LogP contribution in [-0.2, 0) is 0 Å². The van der Waals surface area contributed by atoms with Crippen LogP contribution in [0.25, 0.3) is 0 Å². The fourth-order valence-corrected chi connectivity index (χ4v) is 3.12. The number of nitrogens with one attached hydrogen (secondary N) is 1. The molecule has 118 valence electrons. The van der Waals surface area contributed by atoms with E-state index in [9.17, 15) is 4.79 Å². The van der Waals surface area contributed by atoms with Crippen molar-refractivity contribution in [3.8, 4) is 0 Å². The summed E-state index contributed by atoms with van der Waals surface area (Å²) in [5, 5.41) is 7.16. The molecule has 1 atom stereocenters. The van der Waals surface area contributed by atoms with Crippen molar-refractivity contribution >= 4 is 5.91 Å².